The highest BCUT2D eigenvalue weighted by atomic mass is 35.5. The van der Waals surface area contributed by atoms with Crippen molar-refractivity contribution in [2.24, 2.45) is 5.92 Å². The first-order valence-electron chi connectivity index (χ1n) is 5.61. The summed E-state index contributed by atoms with van der Waals surface area (Å²) in [6.07, 6.45) is 5.18. The maximum absolute atomic E-state index is 11.7. The summed E-state index contributed by atoms with van der Waals surface area (Å²) in [6.45, 7) is 3.90. The second kappa shape index (κ2) is 6.28. The van der Waals surface area contributed by atoms with Crippen molar-refractivity contribution in [3.8, 4) is 0 Å². The Kier molecular flexibility index (Phi) is 5.31. The van der Waals surface area contributed by atoms with Gasteiger partial charge in [-0.2, -0.15) is 0 Å². The van der Waals surface area contributed by atoms with Crippen LogP contribution >= 0.6 is 11.6 Å². The largest absolute Gasteiger partial charge is 0.343 e. The van der Waals surface area contributed by atoms with Crippen LogP contribution in [0.4, 0.5) is 0 Å². The van der Waals surface area contributed by atoms with Gasteiger partial charge in [-0.3, -0.25) is 4.79 Å². The Balaban J connectivity index is 2.16. The Morgan fingerprint density at radius 3 is 2.64 bits per heavy atom. The molecule has 1 amide bonds. The minimum atomic E-state index is 0.310. The van der Waals surface area contributed by atoms with Crippen molar-refractivity contribution in [1.29, 1.82) is 0 Å². The standard InChI is InChI=1S/C11H20ClNO/c1-2-13(9-10-6-7-10)11(14)5-3-4-8-12/h10H,2-9H2,1H3. The summed E-state index contributed by atoms with van der Waals surface area (Å²) in [7, 11) is 0. The van der Waals surface area contributed by atoms with Crippen molar-refractivity contribution < 1.29 is 4.79 Å². The molecular weight excluding hydrogens is 198 g/mol. The molecule has 0 N–H and O–H groups in total. The third kappa shape index (κ3) is 4.32. The average Bonchev–Trinajstić information content (AvgIpc) is 2.98. The van der Waals surface area contributed by atoms with Crippen LogP contribution in [0.3, 0.4) is 0 Å². The van der Waals surface area contributed by atoms with Gasteiger partial charge in [0.15, 0.2) is 0 Å². The van der Waals surface area contributed by atoms with Gasteiger partial charge in [0.25, 0.3) is 0 Å². The van der Waals surface area contributed by atoms with Crippen LogP contribution in [-0.4, -0.2) is 29.8 Å². The fourth-order valence-corrected chi connectivity index (χ4v) is 1.74. The third-order valence-corrected chi connectivity index (χ3v) is 2.95. The van der Waals surface area contributed by atoms with E-state index in [-0.39, 0.29) is 0 Å². The van der Waals surface area contributed by atoms with Crippen molar-refractivity contribution in [3.05, 3.63) is 0 Å². The Morgan fingerprint density at radius 1 is 1.43 bits per heavy atom. The molecule has 1 aliphatic carbocycles. The molecule has 1 aliphatic rings. The second-order valence-corrected chi connectivity index (χ2v) is 4.40. The molecule has 2 nitrogen and oxygen atoms in total. The van der Waals surface area contributed by atoms with Crippen LogP contribution in [-0.2, 0) is 4.79 Å². The zero-order valence-electron chi connectivity index (χ0n) is 8.97. The molecular formula is C11H20ClNO. The second-order valence-electron chi connectivity index (χ2n) is 4.02. The van der Waals surface area contributed by atoms with Crippen LogP contribution in [0.1, 0.15) is 39.0 Å². The molecule has 0 spiro atoms. The first-order chi connectivity index (χ1) is 6.77. The molecule has 1 fully saturated rings. The summed E-state index contributed by atoms with van der Waals surface area (Å²) in [5.74, 6) is 1.78. The van der Waals surface area contributed by atoms with Crippen LogP contribution in [0.25, 0.3) is 0 Å². The predicted molar refractivity (Wildman–Crippen MR) is 59.5 cm³/mol. The molecule has 0 radical (unpaired) electrons. The van der Waals surface area contributed by atoms with E-state index in [0.717, 1.165) is 31.8 Å². The number of rotatable bonds is 7. The molecule has 0 aromatic rings. The first-order valence-corrected chi connectivity index (χ1v) is 6.15. The highest BCUT2D eigenvalue weighted by Crippen LogP contribution is 2.29. The lowest BCUT2D eigenvalue weighted by Gasteiger charge is -2.20. The van der Waals surface area contributed by atoms with E-state index < -0.39 is 0 Å². The molecule has 14 heavy (non-hydrogen) atoms. The fraction of sp³-hybridized carbons (Fsp3) is 0.909. The Bertz CT molecular complexity index is 180. The molecule has 0 aliphatic heterocycles. The lowest BCUT2D eigenvalue weighted by Crippen LogP contribution is -2.32. The molecule has 0 aromatic heterocycles. The number of carbonyl (C=O) groups is 1. The van der Waals surface area contributed by atoms with E-state index in [1.165, 1.54) is 12.8 Å². The highest BCUT2D eigenvalue weighted by Gasteiger charge is 2.25. The van der Waals surface area contributed by atoms with Gasteiger partial charge in [0.1, 0.15) is 0 Å². The molecule has 0 atom stereocenters. The molecule has 82 valence electrons. The number of hydrogen-bond donors (Lipinski definition) is 0. The molecule has 0 bridgehead atoms. The number of alkyl halides is 1. The van der Waals surface area contributed by atoms with Crippen molar-refractivity contribution >= 4 is 17.5 Å². The highest BCUT2D eigenvalue weighted by molar-refractivity contribution is 6.17. The number of carbonyl (C=O) groups excluding carboxylic acids is 1. The van der Waals surface area contributed by atoms with Crippen LogP contribution in [0.5, 0.6) is 0 Å². The lowest BCUT2D eigenvalue weighted by molar-refractivity contribution is -0.131. The van der Waals surface area contributed by atoms with E-state index in [9.17, 15) is 4.79 Å². The Hall–Kier alpha value is -0.240. The van der Waals surface area contributed by atoms with Gasteiger partial charge in [-0.25, -0.2) is 0 Å². The minimum Gasteiger partial charge on any atom is -0.343 e. The smallest absolute Gasteiger partial charge is 0.222 e. The first kappa shape index (κ1) is 11.8. The van der Waals surface area contributed by atoms with Crippen molar-refractivity contribution in [2.45, 2.75) is 39.0 Å². The maximum atomic E-state index is 11.7. The fourth-order valence-electron chi connectivity index (χ4n) is 1.55. The summed E-state index contributed by atoms with van der Waals surface area (Å²) >= 11 is 5.57. The molecule has 0 aromatic carbocycles. The number of amides is 1. The maximum Gasteiger partial charge on any atom is 0.222 e. The van der Waals surface area contributed by atoms with Gasteiger partial charge in [-0.05, 0) is 38.5 Å². The topological polar surface area (TPSA) is 20.3 Å². The normalized spacial score (nSPS) is 15.6. The number of hydrogen-bond acceptors (Lipinski definition) is 1. The Morgan fingerprint density at radius 2 is 2.14 bits per heavy atom. The van der Waals surface area contributed by atoms with Gasteiger partial charge < -0.3 is 4.90 Å². The zero-order chi connectivity index (χ0) is 10.4. The SMILES string of the molecule is CCN(CC1CC1)C(=O)CCCCCl. The van der Waals surface area contributed by atoms with E-state index >= 15 is 0 Å². The van der Waals surface area contributed by atoms with Gasteiger partial charge in [-0.1, -0.05) is 0 Å². The molecule has 0 saturated heterocycles. The number of unbranched alkanes of at least 4 members (excludes halogenated alkanes) is 1. The van der Waals surface area contributed by atoms with E-state index in [4.69, 9.17) is 11.6 Å². The monoisotopic (exact) mass is 217 g/mol. The summed E-state index contributed by atoms with van der Waals surface area (Å²) in [5, 5.41) is 0. The molecule has 3 heteroatoms. The average molecular weight is 218 g/mol. The molecule has 0 heterocycles. The van der Waals surface area contributed by atoms with Crippen LogP contribution in [0.15, 0.2) is 0 Å². The number of halogens is 1. The van der Waals surface area contributed by atoms with Crippen LogP contribution < -0.4 is 0 Å². The van der Waals surface area contributed by atoms with E-state index in [2.05, 4.69) is 6.92 Å². The van der Waals surface area contributed by atoms with Gasteiger partial charge in [0, 0.05) is 25.4 Å². The lowest BCUT2D eigenvalue weighted by atomic mass is 10.2. The van der Waals surface area contributed by atoms with Gasteiger partial charge >= 0.3 is 0 Å². The molecule has 1 rings (SSSR count). The van der Waals surface area contributed by atoms with Crippen molar-refractivity contribution in [3.63, 3.8) is 0 Å². The van der Waals surface area contributed by atoms with Gasteiger partial charge in [0.2, 0.25) is 5.91 Å². The Labute approximate surface area is 91.6 Å². The van der Waals surface area contributed by atoms with Crippen molar-refractivity contribution in [2.75, 3.05) is 19.0 Å². The third-order valence-electron chi connectivity index (χ3n) is 2.68. The van der Waals surface area contributed by atoms with Gasteiger partial charge in [-0.15, -0.1) is 11.6 Å². The number of nitrogens with zero attached hydrogens (tertiary/aromatic N) is 1. The summed E-state index contributed by atoms with van der Waals surface area (Å²) in [5.41, 5.74) is 0. The van der Waals surface area contributed by atoms with E-state index in [1.807, 2.05) is 4.90 Å². The van der Waals surface area contributed by atoms with E-state index in [0.29, 0.717) is 18.2 Å². The summed E-state index contributed by atoms with van der Waals surface area (Å²) in [4.78, 5) is 13.7. The molecule has 0 unspecified atom stereocenters. The minimum absolute atomic E-state index is 0.310. The van der Waals surface area contributed by atoms with Gasteiger partial charge in [0.05, 0.1) is 0 Å². The quantitative estimate of drug-likeness (QED) is 0.474. The van der Waals surface area contributed by atoms with Crippen molar-refractivity contribution in [1.82, 2.24) is 4.90 Å². The van der Waals surface area contributed by atoms with Crippen LogP contribution in [0, 0.1) is 5.92 Å². The summed E-state index contributed by atoms with van der Waals surface area (Å²) in [6, 6.07) is 0. The summed E-state index contributed by atoms with van der Waals surface area (Å²) < 4.78 is 0. The van der Waals surface area contributed by atoms with Crippen LogP contribution in [0.2, 0.25) is 0 Å². The zero-order valence-corrected chi connectivity index (χ0v) is 9.72. The van der Waals surface area contributed by atoms with E-state index in [1.54, 1.807) is 0 Å². The molecule has 1 saturated carbocycles. The predicted octanol–water partition coefficient (Wildman–Crippen LogP) is 2.65.